The highest BCUT2D eigenvalue weighted by Crippen LogP contribution is 2.24. The summed E-state index contributed by atoms with van der Waals surface area (Å²) in [5.74, 6) is 0. The molecule has 7 rings (SSSR count). The van der Waals surface area contributed by atoms with E-state index in [1.807, 2.05) is 24.5 Å². The number of rotatable bonds is 6. The van der Waals surface area contributed by atoms with Crippen molar-refractivity contribution in [2.75, 3.05) is 0 Å². The Morgan fingerprint density at radius 1 is 0.526 bits per heavy atom. The highest BCUT2D eigenvalue weighted by atomic mass is 15.0. The van der Waals surface area contributed by atoms with Crippen LogP contribution >= 0.6 is 0 Å². The fourth-order valence-electron chi connectivity index (χ4n) is 5.82. The number of nitrogens with zero attached hydrogens (tertiary/aromatic N) is 4. The van der Waals surface area contributed by atoms with Gasteiger partial charge in [0, 0.05) is 59.1 Å². The molecule has 188 valence electrons. The van der Waals surface area contributed by atoms with Crippen LogP contribution in [0.3, 0.4) is 0 Å². The van der Waals surface area contributed by atoms with Gasteiger partial charge in [0.2, 0.25) is 0 Å². The summed E-state index contributed by atoms with van der Waals surface area (Å²) in [7, 11) is 0. The van der Waals surface area contributed by atoms with Crippen LogP contribution in [0.15, 0.2) is 85.2 Å². The van der Waals surface area contributed by atoms with Crippen LogP contribution in [0.25, 0.3) is 43.6 Å². The maximum Gasteiger partial charge on any atom is 0.0968 e. The lowest BCUT2D eigenvalue weighted by Gasteiger charge is -2.33. The number of aromatic nitrogens is 4. The first kappa shape index (κ1) is 23.1. The summed E-state index contributed by atoms with van der Waals surface area (Å²) < 4.78 is 0. The zero-order chi connectivity index (χ0) is 25.3. The molecule has 4 aromatic heterocycles. The summed E-state index contributed by atoms with van der Waals surface area (Å²) in [6, 6.07) is 26.0. The van der Waals surface area contributed by atoms with E-state index in [2.05, 4.69) is 81.3 Å². The van der Waals surface area contributed by atoms with Crippen molar-refractivity contribution in [3.8, 4) is 0 Å². The van der Waals surface area contributed by atoms with Gasteiger partial charge in [0.1, 0.15) is 0 Å². The molecule has 2 aromatic carbocycles. The van der Waals surface area contributed by atoms with Gasteiger partial charge in [-0.15, -0.1) is 0 Å². The second-order valence-electron chi connectivity index (χ2n) is 10.3. The summed E-state index contributed by atoms with van der Waals surface area (Å²) in [6.07, 6.45) is 8.51. The maximum atomic E-state index is 5.00. The number of benzene rings is 2. The van der Waals surface area contributed by atoms with Crippen LogP contribution in [0.5, 0.6) is 0 Å². The summed E-state index contributed by atoms with van der Waals surface area (Å²) >= 11 is 0. The molecule has 0 unspecified atom stereocenters. The minimum Gasteiger partial charge on any atom is -0.307 e. The molecule has 4 heterocycles. The third-order valence-corrected chi connectivity index (χ3v) is 7.84. The molecule has 1 aliphatic rings. The quantitative estimate of drug-likeness (QED) is 0.272. The fourth-order valence-corrected chi connectivity index (χ4v) is 5.82. The molecule has 0 aliphatic heterocycles. The molecule has 0 amide bonds. The number of pyridine rings is 4. The molecular formula is C32H30N6. The van der Waals surface area contributed by atoms with E-state index < -0.39 is 0 Å². The molecular weight excluding hydrogens is 468 g/mol. The molecule has 6 aromatic rings. The Hall–Kier alpha value is -4.00. The molecule has 1 fully saturated rings. The van der Waals surface area contributed by atoms with Gasteiger partial charge in [-0.1, -0.05) is 61.4 Å². The standard InChI is InChI=1S/C32H30N6/c1-2-8-28(36-20-26-16-14-24-12-10-22-6-4-18-34-30(22)32(24)38-26)27(7-1)35-19-25-15-13-23-11-9-21-5-3-17-33-29(21)31(23)37-25/h3-6,9-18,27-28,35-36H,1-2,7-8,19-20H2/t27-,28-/m1/s1. The van der Waals surface area contributed by atoms with Gasteiger partial charge in [-0.05, 0) is 37.1 Å². The van der Waals surface area contributed by atoms with Crippen LogP contribution in [0, 0.1) is 0 Å². The molecule has 0 spiro atoms. The predicted molar refractivity (Wildman–Crippen MR) is 154 cm³/mol. The lowest BCUT2D eigenvalue weighted by molar-refractivity contribution is 0.280. The van der Waals surface area contributed by atoms with Crippen LogP contribution in [0.2, 0.25) is 0 Å². The zero-order valence-electron chi connectivity index (χ0n) is 21.3. The van der Waals surface area contributed by atoms with Gasteiger partial charge in [-0.3, -0.25) is 9.97 Å². The zero-order valence-corrected chi connectivity index (χ0v) is 21.3. The molecule has 0 radical (unpaired) electrons. The molecule has 0 bridgehead atoms. The molecule has 6 nitrogen and oxygen atoms in total. The van der Waals surface area contributed by atoms with Crippen LogP contribution in [0.1, 0.15) is 37.1 Å². The topological polar surface area (TPSA) is 75.6 Å². The Kier molecular flexibility index (Phi) is 6.12. The van der Waals surface area contributed by atoms with E-state index >= 15 is 0 Å². The van der Waals surface area contributed by atoms with Crippen molar-refractivity contribution in [2.24, 2.45) is 0 Å². The lowest BCUT2D eigenvalue weighted by atomic mass is 9.90. The number of hydrogen-bond donors (Lipinski definition) is 2. The summed E-state index contributed by atoms with van der Waals surface area (Å²) in [4.78, 5) is 19.2. The third kappa shape index (κ3) is 4.46. The number of fused-ring (bicyclic) bond motifs is 6. The van der Waals surface area contributed by atoms with Crippen molar-refractivity contribution in [1.29, 1.82) is 0 Å². The van der Waals surface area contributed by atoms with Gasteiger partial charge in [-0.25, -0.2) is 9.97 Å². The van der Waals surface area contributed by atoms with Crippen molar-refractivity contribution >= 4 is 43.6 Å². The molecule has 38 heavy (non-hydrogen) atoms. The maximum absolute atomic E-state index is 5.00. The van der Waals surface area contributed by atoms with Crippen LogP contribution in [-0.2, 0) is 13.1 Å². The predicted octanol–water partition coefficient (Wildman–Crippen LogP) is 6.07. The third-order valence-electron chi connectivity index (χ3n) is 7.84. The molecule has 0 saturated heterocycles. The van der Waals surface area contributed by atoms with E-state index in [0.29, 0.717) is 12.1 Å². The molecule has 1 aliphatic carbocycles. The van der Waals surface area contributed by atoms with Crippen molar-refractivity contribution in [3.05, 3.63) is 96.6 Å². The van der Waals surface area contributed by atoms with E-state index in [9.17, 15) is 0 Å². The van der Waals surface area contributed by atoms with Gasteiger partial charge in [0.15, 0.2) is 0 Å². The van der Waals surface area contributed by atoms with Gasteiger partial charge in [-0.2, -0.15) is 0 Å². The van der Waals surface area contributed by atoms with Crippen LogP contribution < -0.4 is 10.6 Å². The van der Waals surface area contributed by atoms with E-state index in [4.69, 9.17) is 9.97 Å². The van der Waals surface area contributed by atoms with E-state index in [1.165, 1.54) is 12.8 Å². The Labute approximate surface area is 221 Å². The Balaban J connectivity index is 1.07. The summed E-state index contributed by atoms with van der Waals surface area (Å²) in [5, 5.41) is 12.1. The Morgan fingerprint density at radius 2 is 0.947 bits per heavy atom. The second kappa shape index (κ2) is 10.0. The smallest absolute Gasteiger partial charge is 0.0968 e. The van der Waals surface area contributed by atoms with Crippen LogP contribution in [0.4, 0.5) is 0 Å². The fraction of sp³-hybridized carbons (Fsp3) is 0.250. The SMILES string of the molecule is c1cnc2c(c1)ccc1ccc(CN[C@@H]3CCCC[C@H]3NCc3ccc4ccc5cccnc5c4n3)nc12. The van der Waals surface area contributed by atoms with Crippen molar-refractivity contribution in [3.63, 3.8) is 0 Å². The lowest BCUT2D eigenvalue weighted by Crippen LogP contribution is -2.49. The average molecular weight is 499 g/mol. The minimum absolute atomic E-state index is 0.398. The number of nitrogens with one attached hydrogen (secondary N) is 2. The summed E-state index contributed by atoms with van der Waals surface area (Å²) in [5.41, 5.74) is 5.99. The molecule has 6 heteroatoms. The Bertz CT molecular complexity index is 1630. The first-order chi connectivity index (χ1) is 18.8. The average Bonchev–Trinajstić information content (AvgIpc) is 2.99. The van der Waals surface area contributed by atoms with Gasteiger partial charge in [0.05, 0.1) is 33.5 Å². The van der Waals surface area contributed by atoms with Crippen molar-refractivity contribution < 1.29 is 0 Å². The monoisotopic (exact) mass is 498 g/mol. The largest absolute Gasteiger partial charge is 0.307 e. The highest BCUT2D eigenvalue weighted by Gasteiger charge is 2.24. The van der Waals surface area contributed by atoms with Gasteiger partial charge >= 0.3 is 0 Å². The van der Waals surface area contributed by atoms with Crippen molar-refractivity contribution in [2.45, 2.75) is 50.9 Å². The summed E-state index contributed by atoms with van der Waals surface area (Å²) in [6.45, 7) is 1.49. The normalized spacial score (nSPS) is 18.0. The second-order valence-corrected chi connectivity index (χ2v) is 10.3. The van der Waals surface area contributed by atoms with Gasteiger partial charge < -0.3 is 10.6 Å². The Morgan fingerprint density at radius 3 is 1.42 bits per heavy atom. The number of hydrogen-bond acceptors (Lipinski definition) is 6. The van der Waals surface area contributed by atoms with E-state index in [0.717, 1.165) is 80.9 Å². The van der Waals surface area contributed by atoms with Crippen LogP contribution in [-0.4, -0.2) is 32.0 Å². The highest BCUT2D eigenvalue weighted by molar-refractivity contribution is 6.03. The molecule has 2 atom stereocenters. The first-order valence-corrected chi connectivity index (χ1v) is 13.6. The van der Waals surface area contributed by atoms with E-state index in [1.54, 1.807) is 0 Å². The molecule has 2 N–H and O–H groups in total. The minimum atomic E-state index is 0.398. The first-order valence-electron chi connectivity index (χ1n) is 13.6. The molecule has 1 saturated carbocycles. The van der Waals surface area contributed by atoms with Crippen molar-refractivity contribution in [1.82, 2.24) is 30.6 Å². The van der Waals surface area contributed by atoms with Gasteiger partial charge in [0.25, 0.3) is 0 Å². The van der Waals surface area contributed by atoms with E-state index in [-0.39, 0.29) is 0 Å².